The van der Waals surface area contributed by atoms with Gasteiger partial charge in [0.25, 0.3) is 0 Å². The minimum atomic E-state index is -0.271. The van der Waals surface area contributed by atoms with Gasteiger partial charge in [0.15, 0.2) is 0 Å². The van der Waals surface area contributed by atoms with Crippen LogP contribution in [0, 0.1) is 5.82 Å². The molecule has 19 heavy (non-hydrogen) atoms. The maximum Gasteiger partial charge on any atom is 0.146 e. The Kier molecular flexibility index (Phi) is 4.87. The Bertz CT molecular complexity index is 563. The first-order chi connectivity index (χ1) is 9.19. The molecule has 0 aliphatic carbocycles. The second-order valence-corrected chi connectivity index (χ2v) is 4.89. The number of hydrogen-bond donors (Lipinski definition) is 1. The van der Waals surface area contributed by atoms with Crippen molar-refractivity contribution in [2.45, 2.75) is 13.5 Å². The lowest BCUT2D eigenvalue weighted by atomic mass is 10.2. The molecule has 1 aromatic heterocycles. The highest BCUT2D eigenvalue weighted by Crippen LogP contribution is 2.27. The quantitative estimate of drug-likeness (QED) is 0.906. The van der Waals surface area contributed by atoms with Gasteiger partial charge in [-0.15, -0.1) is 0 Å². The summed E-state index contributed by atoms with van der Waals surface area (Å²) in [5.74, 6) is 0.966. The van der Waals surface area contributed by atoms with E-state index < -0.39 is 0 Å². The summed E-state index contributed by atoms with van der Waals surface area (Å²) in [6, 6.07) is 6.30. The van der Waals surface area contributed by atoms with Crippen molar-refractivity contribution in [2.75, 3.05) is 6.54 Å². The predicted octanol–water partition coefficient (Wildman–Crippen LogP) is 3.89. The van der Waals surface area contributed by atoms with Crippen molar-refractivity contribution < 1.29 is 9.13 Å². The van der Waals surface area contributed by atoms with Crippen molar-refractivity contribution in [3.05, 3.63) is 52.5 Å². The zero-order chi connectivity index (χ0) is 13.7. The van der Waals surface area contributed by atoms with E-state index in [9.17, 15) is 4.39 Å². The van der Waals surface area contributed by atoms with E-state index in [1.54, 1.807) is 18.5 Å². The largest absolute Gasteiger partial charge is 0.455 e. The van der Waals surface area contributed by atoms with Crippen LogP contribution in [-0.4, -0.2) is 11.5 Å². The summed E-state index contributed by atoms with van der Waals surface area (Å²) in [5, 5.41) is 3.16. The number of hydrogen-bond acceptors (Lipinski definition) is 3. The SMILES string of the molecule is CCNCc1cc(F)ccc1Oc1cncc(Br)c1. The van der Waals surface area contributed by atoms with Crippen molar-refractivity contribution in [2.24, 2.45) is 0 Å². The lowest BCUT2D eigenvalue weighted by molar-refractivity contribution is 0.468. The number of aromatic nitrogens is 1. The van der Waals surface area contributed by atoms with Crippen LogP contribution in [0.4, 0.5) is 4.39 Å². The van der Waals surface area contributed by atoms with Crippen molar-refractivity contribution >= 4 is 15.9 Å². The summed E-state index contributed by atoms with van der Waals surface area (Å²) in [5.41, 5.74) is 0.779. The van der Waals surface area contributed by atoms with Crippen molar-refractivity contribution in [3.63, 3.8) is 0 Å². The van der Waals surface area contributed by atoms with E-state index in [0.29, 0.717) is 18.0 Å². The van der Waals surface area contributed by atoms with Crippen LogP contribution in [0.3, 0.4) is 0 Å². The van der Waals surface area contributed by atoms with Gasteiger partial charge in [-0.05, 0) is 46.7 Å². The number of benzene rings is 1. The highest BCUT2D eigenvalue weighted by atomic mass is 79.9. The van der Waals surface area contributed by atoms with Crippen LogP contribution in [-0.2, 0) is 6.54 Å². The van der Waals surface area contributed by atoms with Gasteiger partial charge in [-0.1, -0.05) is 6.92 Å². The van der Waals surface area contributed by atoms with Gasteiger partial charge in [-0.2, -0.15) is 0 Å². The molecule has 0 bridgehead atoms. The van der Waals surface area contributed by atoms with Crippen LogP contribution in [0.25, 0.3) is 0 Å². The third kappa shape index (κ3) is 4.01. The Morgan fingerprint density at radius 1 is 1.32 bits per heavy atom. The molecule has 2 rings (SSSR count). The molecule has 1 aromatic carbocycles. The molecule has 1 heterocycles. The fourth-order valence-corrected chi connectivity index (χ4v) is 1.96. The van der Waals surface area contributed by atoms with Crippen molar-refractivity contribution in [1.29, 1.82) is 0 Å². The molecular formula is C14H14BrFN2O. The summed E-state index contributed by atoms with van der Waals surface area (Å²) in [7, 11) is 0. The lowest BCUT2D eigenvalue weighted by Gasteiger charge is -2.11. The Morgan fingerprint density at radius 2 is 2.16 bits per heavy atom. The number of pyridine rings is 1. The Morgan fingerprint density at radius 3 is 2.89 bits per heavy atom. The highest BCUT2D eigenvalue weighted by molar-refractivity contribution is 9.10. The van der Waals surface area contributed by atoms with Crippen LogP contribution < -0.4 is 10.1 Å². The number of nitrogens with zero attached hydrogens (tertiary/aromatic N) is 1. The fourth-order valence-electron chi connectivity index (χ4n) is 1.62. The third-order valence-corrected chi connectivity index (χ3v) is 2.93. The van der Waals surface area contributed by atoms with Gasteiger partial charge in [-0.3, -0.25) is 4.98 Å². The first kappa shape index (κ1) is 14.0. The summed E-state index contributed by atoms with van der Waals surface area (Å²) in [4.78, 5) is 4.03. The van der Waals surface area contributed by atoms with E-state index >= 15 is 0 Å². The highest BCUT2D eigenvalue weighted by Gasteiger charge is 2.07. The third-order valence-electron chi connectivity index (χ3n) is 2.50. The van der Waals surface area contributed by atoms with Crippen LogP contribution >= 0.6 is 15.9 Å². The van der Waals surface area contributed by atoms with Gasteiger partial charge in [0, 0.05) is 22.8 Å². The van der Waals surface area contributed by atoms with Gasteiger partial charge >= 0.3 is 0 Å². The zero-order valence-electron chi connectivity index (χ0n) is 10.5. The summed E-state index contributed by atoms with van der Waals surface area (Å²) >= 11 is 3.33. The van der Waals surface area contributed by atoms with E-state index in [1.807, 2.05) is 13.0 Å². The first-order valence-corrected chi connectivity index (χ1v) is 6.76. The molecule has 0 unspecified atom stereocenters. The molecule has 2 aromatic rings. The average Bonchev–Trinajstić information content (AvgIpc) is 2.39. The molecule has 1 N–H and O–H groups in total. The number of ether oxygens (including phenoxy) is 1. The number of nitrogens with one attached hydrogen (secondary N) is 1. The second-order valence-electron chi connectivity index (χ2n) is 3.97. The second kappa shape index (κ2) is 6.63. The van der Waals surface area contributed by atoms with Crippen LogP contribution in [0.2, 0.25) is 0 Å². The van der Waals surface area contributed by atoms with Crippen LogP contribution in [0.5, 0.6) is 11.5 Å². The number of rotatable bonds is 5. The Hall–Kier alpha value is -1.46. The maximum atomic E-state index is 13.3. The Labute approximate surface area is 119 Å². The van der Waals surface area contributed by atoms with Gasteiger partial charge < -0.3 is 10.1 Å². The molecule has 0 aliphatic heterocycles. The van der Waals surface area contributed by atoms with Crippen molar-refractivity contribution in [1.82, 2.24) is 10.3 Å². The van der Waals surface area contributed by atoms with E-state index in [0.717, 1.165) is 16.6 Å². The van der Waals surface area contributed by atoms with Gasteiger partial charge in [0.05, 0.1) is 6.20 Å². The average molecular weight is 325 g/mol. The van der Waals surface area contributed by atoms with E-state index in [4.69, 9.17) is 4.74 Å². The molecule has 0 saturated carbocycles. The molecular weight excluding hydrogens is 311 g/mol. The standard InChI is InChI=1S/C14H14BrFN2O/c1-2-17-7-10-5-12(16)3-4-14(10)19-13-6-11(15)8-18-9-13/h3-6,8-9,17H,2,7H2,1H3. The molecule has 0 radical (unpaired) electrons. The van der Waals surface area contributed by atoms with E-state index in [-0.39, 0.29) is 5.82 Å². The molecule has 0 fully saturated rings. The molecule has 0 atom stereocenters. The minimum absolute atomic E-state index is 0.271. The van der Waals surface area contributed by atoms with Gasteiger partial charge in [0.2, 0.25) is 0 Å². The normalized spacial score (nSPS) is 10.5. The van der Waals surface area contributed by atoms with E-state index in [2.05, 4.69) is 26.2 Å². The van der Waals surface area contributed by atoms with E-state index in [1.165, 1.54) is 12.1 Å². The number of halogens is 2. The molecule has 3 nitrogen and oxygen atoms in total. The van der Waals surface area contributed by atoms with Crippen molar-refractivity contribution in [3.8, 4) is 11.5 Å². The summed E-state index contributed by atoms with van der Waals surface area (Å²) in [6.07, 6.45) is 3.29. The molecule has 0 aliphatic rings. The smallest absolute Gasteiger partial charge is 0.146 e. The first-order valence-electron chi connectivity index (χ1n) is 5.96. The maximum absolute atomic E-state index is 13.3. The summed E-state index contributed by atoms with van der Waals surface area (Å²) < 4.78 is 19.9. The fraction of sp³-hybridized carbons (Fsp3) is 0.214. The molecule has 0 saturated heterocycles. The Balaban J connectivity index is 2.23. The molecule has 0 spiro atoms. The molecule has 5 heteroatoms. The van der Waals surface area contributed by atoms with Crippen LogP contribution in [0.1, 0.15) is 12.5 Å². The van der Waals surface area contributed by atoms with Crippen LogP contribution in [0.15, 0.2) is 41.1 Å². The zero-order valence-corrected chi connectivity index (χ0v) is 12.1. The van der Waals surface area contributed by atoms with Gasteiger partial charge in [-0.25, -0.2) is 4.39 Å². The monoisotopic (exact) mass is 324 g/mol. The minimum Gasteiger partial charge on any atom is -0.455 e. The molecule has 0 amide bonds. The summed E-state index contributed by atoms with van der Waals surface area (Å²) in [6.45, 7) is 3.37. The molecule has 100 valence electrons. The lowest BCUT2D eigenvalue weighted by Crippen LogP contribution is -2.12. The van der Waals surface area contributed by atoms with Gasteiger partial charge in [0.1, 0.15) is 17.3 Å². The predicted molar refractivity (Wildman–Crippen MR) is 75.8 cm³/mol. The topological polar surface area (TPSA) is 34.1 Å².